The van der Waals surface area contributed by atoms with Gasteiger partial charge < -0.3 is 11.1 Å². The minimum atomic E-state index is -0.445. The van der Waals surface area contributed by atoms with Crippen molar-refractivity contribution in [3.8, 4) is 0 Å². The molecule has 0 heterocycles. The molecule has 0 fully saturated rings. The molecule has 0 aliphatic carbocycles. The zero-order valence-corrected chi connectivity index (χ0v) is 12.3. The van der Waals surface area contributed by atoms with E-state index in [0.717, 1.165) is 31.4 Å². The Morgan fingerprint density at radius 1 is 1.21 bits per heavy atom. The third-order valence-electron chi connectivity index (χ3n) is 4.01. The van der Waals surface area contributed by atoms with Gasteiger partial charge in [0.1, 0.15) is 0 Å². The number of anilines is 1. The smallest absolute Gasteiger partial charge is 0.231 e. The molecule has 3 N–H and O–H groups in total. The van der Waals surface area contributed by atoms with Gasteiger partial charge in [0, 0.05) is 12.2 Å². The van der Waals surface area contributed by atoms with Gasteiger partial charge in [-0.2, -0.15) is 0 Å². The van der Waals surface area contributed by atoms with Crippen LogP contribution in [0.5, 0.6) is 0 Å². The van der Waals surface area contributed by atoms with E-state index in [9.17, 15) is 4.79 Å². The van der Waals surface area contributed by atoms with Gasteiger partial charge in [0.2, 0.25) is 5.91 Å². The Balaban J connectivity index is 2.92. The number of para-hydroxylation sites is 1. The van der Waals surface area contributed by atoms with E-state index < -0.39 is 5.41 Å². The number of nitrogens with one attached hydrogen (secondary N) is 1. The van der Waals surface area contributed by atoms with E-state index in [-0.39, 0.29) is 5.91 Å². The Labute approximate surface area is 116 Å². The Kier molecular flexibility index (Phi) is 6.03. The summed E-state index contributed by atoms with van der Waals surface area (Å²) in [7, 11) is 0. The van der Waals surface area contributed by atoms with E-state index in [2.05, 4.69) is 18.3 Å². The third kappa shape index (κ3) is 3.57. The molecule has 3 heteroatoms. The largest absolute Gasteiger partial charge is 0.329 e. The molecular weight excluding hydrogens is 236 g/mol. The van der Waals surface area contributed by atoms with E-state index in [4.69, 9.17) is 5.73 Å². The molecular formula is C16H26N2O. The minimum Gasteiger partial charge on any atom is -0.329 e. The van der Waals surface area contributed by atoms with Crippen LogP contribution in [0.1, 0.15) is 45.6 Å². The summed E-state index contributed by atoms with van der Waals surface area (Å²) in [5, 5.41) is 3.07. The van der Waals surface area contributed by atoms with Crippen molar-refractivity contribution in [2.75, 3.05) is 11.9 Å². The maximum atomic E-state index is 12.5. The van der Waals surface area contributed by atoms with Crippen molar-refractivity contribution in [3.05, 3.63) is 29.8 Å². The molecule has 1 aromatic rings. The third-order valence-corrected chi connectivity index (χ3v) is 4.01. The number of benzene rings is 1. The number of nitrogens with two attached hydrogens (primary N) is 1. The normalized spacial score (nSPS) is 11.4. The van der Waals surface area contributed by atoms with E-state index in [0.29, 0.717) is 6.54 Å². The number of aryl methyl sites for hydroxylation is 1. The molecule has 1 amide bonds. The summed E-state index contributed by atoms with van der Waals surface area (Å²) in [4.78, 5) is 12.5. The summed E-state index contributed by atoms with van der Waals surface area (Å²) >= 11 is 0. The van der Waals surface area contributed by atoms with Crippen LogP contribution in [0.15, 0.2) is 24.3 Å². The monoisotopic (exact) mass is 262 g/mol. The molecule has 19 heavy (non-hydrogen) atoms. The zero-order chi connectivity index (χ0) is 14.3. The van der Waals surface area contributed by atoms with Crippen LogP contribution in [0.3, 0.4) is 0 Å². The number of amides is 1. The molecule has 0 unspecified atom stereocenters. The van der Waals surface area contributed by atoms with E-state index in [1.165, 1.54) is 5.56 Å². The van der Waals surface area contributed by atoms with Crippen LogP contribution in [0, 0.1) is 5.41 Å². The summed E-state index contributed by atoms with van der Waals surface area (Å²) in [5.74, 6) is 0.0450. The van der Waals surface area contributed by atoms with Gasteiger partial charge in [-0.05, 0) is 30.9 Å². The standard InChI is InChI=1S/C16H26N2O/c1-4-9-13-10-7-8-11-14(13)18-15(19)16(5-2,6-3)12-17/h7-8,10-11H,4-6,9,12,17H2,1-3H3,(H,18,19). The van der Waals surface area contributed by atoms with Crippen LogP contribution in [-0.4, -0.2) is 12.5 Å². The molecule has 0 saturated heterocycles. The fraction of sp³-hybridized carbons (Fsp3) is 0.562. The Bertz CT molecular complexity index is 403. The summed E-state index contributed by atoms with van der Waals surface area (Å²) in [6, 6.07) is 8.00. The molecule has 3 nitrogen and oxygen atoms in total. The van der Waals surface area contributed by atoms with Gasteiger partial charge >= 0.3 is 0 Å². The lowest BCUT2D eigenvalue weighted by Crippen LogP contribution is -2.41. The van der Waals surface area contributed by atoms with Crippen LogP contribution >= 0.6 is 0 Å². The van der Waals surface area contributed by atoms with Crippen LogP contribution < -0.4 is 11.1 Å². The average molecular weight is 262 g/mol. The molecule has 0 spiro atoms. The second kappa shape index (κ2) is 7.29. The second-order valence-corrected chi connectivity index (χ2v) is 5.05. The lowest BCUT2D eigenvalue weighted by molar-refractivity contribution is -0.125. The van der Waals surface area contributed by atoms with Gasteiger partial charge in [-0.1, -0.05) is 45.4 Å². The molecule has 0 aliphatic heterocycles. The van der Waals surface area contributed by atoms with Crippen LogP contribution in [-0.2, 0) is 11.2 Å². The quantitative estimate of drug-likeness (QED) is 0.791. The highest BCUT2D eigenvalue weighted by Crippen LogP contribution is 2.28. The first kappa shape index (κ1) is 15.7. The first-order valence-electron chi connectivity index (χ1n) is 7.23. The van der Waals surface area contributed by atoms with Gasteiger partial charge in [0.15, 0.2) is 0 Å². The maximum absolute atomic E-state index is 12.5. The van der Waals surface area contributed by atoms with E-state index in [1.54, 1.807) is 0 Å². The van der Waals surface area contributed by atoms with Gasteiger partial charge in [-0.3, -0.25) is 4.79 Å². The van der Waals surface area contributed by atoms with E-state index in [1.807, 2.05) is 32.0 Å². The summed E-state index contributed by atoms with van der Waals surface area (Å²) in [5.41, 5.74) is 7.49. The average Bonchev–Trinajstić information content (AvgIpc) is 2.44. The summed E-state index contributed by atoms with van der Waals surface area (Å²) in [6.07, 6.45) is 3.57. The van der Waals surface area contributed by atoms with Crippen molar-refractivity contribution in [1.29, 1.82) is 0 Å². The van der Waals surface area contributed by atoms with Gasteiger partial charge in [-0.15, -0.1) is 0 Å². The lowest BCUT2D eigenvalue weighted by Gasteiger charge is -2.29. The molecule has 1 rings (SSSR count). The molecule has 0 aromatic heterocycles. The van der Waals surface area contributed by atoms with Gasteiger partial charge in [-0.25, -0.2) is 0 Å². The number of carbonyl (C=O) groups is 1. The molecule has 0 aliphatic rings. The van der Waals surface area contributed by atoms with Crippen molar-refractivity contribution in [2.24, 2.45) is 11.1 Å². The molecule has 106 valence electrons. The van der Waals surface area contributed by atoms with E-state index >= 15 is 0 Å². The predicted octanol–water partition coefficient (Wildman–Crippen LogP) is 3.34. The zero-order valence-electron chi connectivity index (χ0n) is 12.3. The van der Waals surface area contributed by atoms with Gasteiger partial charge in [0.25, 0.3) is 0 Å². The fourth-order valence-electron chi connectivity index (χ4n) is 2.34. The topological polar surface area (TPSA) is 55.1 Å². The summed E-state index contributed by atoms with van der Waals surface area (Å²) in [6.45, 7) is 6.57. The molecule has 0 atom stereocenters. The van der Waals surface area contributed by atoms with Crippen molar-refractivity contribution >= 4 is 11.6 Å². The molecule has 0 radical (unpaired) electrons. The molecule has 0 saturated carbocycles. The van der Waals surface area contributed by atoms with Crippen LogP contribution in [0.4, 0.5) is 5.69 Å². The molecule has 1 aromatic carbocycles. The Morgan fingerprint density at radius 2 is 1.84 bits per heavy atom. The van der Waals surface area contributed by atoms with Gasteiger partial charge in [0.05, 0.1) is 5.41 Å². The van der Waals surface area contributed by atoms with Crippen LogP contribution in [0.2, 0.25) is 0 Å². The highest BCUT2D eigenvalue weighted by Gasteiger charge is 2.33. The first-order valence-corrected chi connectivity index (χ1v) is 7.23. The van der Waals surface area contributed by atoms with Crippen molar-refractivity contribution in [1.82, 2.24) is 0 Å². The fourth-order valence-corrected chi connectivity index (χ4v) is 2.34. The van der Waals surface area contributed by atoms with Crippen molar-refractivity contribution in [2.45, 2.75) is 46.5 Å². The Morgan fingerprint density at radius 3 is 2.37 bits per heavy atom. The SMILES string of the molecule is CCCc1ccccc1NC(=O)C(CC)(CC)CN. The second-order valence-electron chi connectivity index (χ2n) is 5.05. The summed E-state index contributed by atoms with van der Waals surface area (Å²) < 4.78 is 0. The predicted molar refractivity (Wildman–Crippen MR) is 81.1 cm³/mol. The van der Waals surface area contributed by atoms with Crippen LogP contribution in [0.25, 0.3) is 0 Å². The highest BCUT2D eigenvalue weighted by atomic mass is 16.2. The highest BCUT2D eigenvalue weighted by molar-refractivity contribution is 5.96. The Hall–Kier alpha value is -1.35. The molecule has 0 bridgehead atoms. The number of hydrogen-bond donors (Lipinski definition) is 2. The number of rotatable bonds is 7. The van der Waals surface area contributed by atoms with Crippen molar-refractivity contribution in [3.63, 3.8) is 0 Å². The minimum absolute atomic E-state index is 0.0450. The maximum Gasteiger partial charge on any atom is 0.231 e. The lowest BCUT2D eigenvalue weighted by atomic mass is 9.81. The number of carbonyl (C=O) groups excluding carboxylic acids is 1. The number of hydrogen-bond acceptors (Lipinski definition) is 2. The van der Waals surface area contributed by atoms with Crippen molar-refractivity contribution < 1.29 is 4.79 Å². The first-order chi connectivity index (χ1) is 9.13.